The van der Waals surface area contributed by atoms with Crippen LogP contribution in [-0.2, 0) is 4.79 Å². The number of carbonyl (C=O) groups excluding carboxylic acids is 1. The normalized spacial score (nSPS) is 16.4. The van der Waals surface area contributed by atoms with E-state index in [4.69, 9.17) is 0 Å². The fourth-order valence-electron chi connectivity index (χ4n) is 0.599. The number of hydrogen-bond donors (Lipinski definition) is 0. The van der Waals surface area contributed by atoms with E-state index in [1.54, 1.807) is 0 Å². The molecule has 0 amide bonds. The number of halogens is 2. The van der Waals surface area contributed by atoms with E-state index in [0.717, 1.165) is 12.8 Å². The minimum atomic E-state index is 0.222. The van der Waals surface area contributed by atoms with Crippen LogP contribution in [0.2, 0.25) is 0 Å². The summed E-state index contributed by atoms with van der Waals surface area (Å²) in [6.07, 6.45) is 1.91. The maximum Gasteiger partial charge on any atom is 0.158 e. The fraction of sp³-hybridized carbons (Fsp3) is 0.857. The molecule has 0 heterocycles. The molecule has 0 aliphatic heterocycles. The number of ketones is 1. The van der Waals surface area contributed by atoms with Crippen molar-refractivity contribution in [2.75, 3.05) is 0 Å². The van der Waals surface area contributed by atoms with E-state index in [-0.39, 0.29) is 7.85 Å². The second-order valence-electron chi connectivity index (χ2n) is 2.15. The summed E-state index contributed by atoms with van der Waals surface area (Å²) in [4.78, 5) is 11.3. The summed E-state index contributed by atoms with van der Waals surface area (Å²) in [5.74, 6) is 0.395. The average Bonchev–Trinajstić information content (AvgIpc) is 2.00. The Labute approximate surface area is 89.6 Å². The van der Waals surface area contributed by atoms with Gasteiger partial charge in [0.15, 0.2) is 5.78 Å². The van der Waals surface area contributed by atoms with Crippen molar-refractivity contribution in [1.82, 2.24) is 0 Å². The number of alkyl halides is 2. The van der Waals surface area contributed by atoms with Crippen LogP contribution >= 0.6 is 45.2 Å². The molecule has 0 spiro atoms. The molecule has 0 N–H and O–H groups in total. The lowest BCUT2D eigenvalue weighted by Gasteiger charge is -2.09. The van der Waals surface area contributed by atoms with Crippen LogP contribution in [0.25, 0.3) is 0 Å². The fourth-order valence-corrected chi connectivity index (χ4v) is 2.15. The Balaban J connectivity index is 3.82. The van der Waals surface area contributed by atoms with E-state index in [0.29, 0.717) is 5.78 Å². The zero-order valence-electron chi connectivity index (χ0n) is 6.23. The molecule has 0 aromatic rings. The third kappa shape index (κ3) is 3.50. The Kier molecular flexibility index (Phi) is 6.39. The highest BCUT2D eigenvalue weighted by Gasteiger charge is 2.18. The highest BCUT2D eigenvalue weighted by atomic mass is 127. The molecule has 0 radical (unpaired) electrons. The van der Waals surface area contributed by atoms with Crippen LogP contribution in [0.3, 0.4) is 0 Å². The van der Waals surface area contributed by atoms with Crippen LogP contribution in [0.4, 0.5) is 0 Å². The Morgan fingerprint density at radius 1 is 1.20 bits per heavy atom. The number of hydrogen-bond acceptors (Lipinski definition) is 1. The monoisotopic (exact) mass is 366 g/mol. The van der Waals surface area contributed by atoms with Crippen LogP contribution in [0.5, 0.6) is 0 Å². The smallest absolute Gasteiger partial charge is 0.158 e. The molecule has 3 heteroatoms. The molecule has 0 saturated heterocycles. The molecule has 0 bridgehead atoms. The van der Waals surface area contributed by atoms with Crippen molar-refractivity contribution in [2.24, 2.45) is 0 Å². The van der Waals surface area contributed by atoms with Crippen LogP contribution < -0.4 is 0 Å². The lowest BCUT2D eigenvalue weighted by atomic mass is 10.1. The Hall–Kier alpha value is 1.13. The van der Waals surface area contributed by atoms with Crippen molar-refractivity contribution in [3.63, 3.8) is 0 Å². The highest BCUT2D eigenvalue weighted by Crippen LogP contribution is 2.16. The predicted molar refractivity (Wildman–Crippen MR) is 61.2 cm³/mol. The van der Waals surface area contributed by atoms with Gasteiger partial charge in [-0.2, -0.15) is 0 Å². The zero-order chi connectivity index (χ0) is 8.15. The quantitative estimate of drug-likeness (QED) is 0.553. The van der Waals surface area contributed by atoms with Gasteiger partial charge in [-0.25, -0.2) is 0 Å². The molecule has 0 aromatic carbocycles. The van der Waals surface area contributed by atoms with Gasteiger partial charge in [0, 0.05) is 0 Å². The first-order valence-electron chi connectivity index (χ1n) is 3.45. The molecule has 0 aromatic heterocycles. The Morgan fingerprint density at radius 3 is 1.70 bits per heavy atom. The second kappa shape index (κ2) is 5.74. The summed E-state index contributed by atoms with van der Waals surface area (Å²) in [6, 6.07) is 0. The number of Topliss-reactive ketones (excluding diaryl/α,β-unsaturated/α-hetero) is 1. The van der Waals surface area contributed by atoms with E-state index in [1.807, 2.05) is 13.8 Å². The van der Waals surface area contributed by atoms with E-state index in [1.165, 1.54) is 0 Å². The SMILES string of the molecule is CCC(I)C(=O)C(I)CC. The lowest BCUT2D eigenvalue weighted by molar-refractivity contribution is -0.117. The molecule has 2 unspecified atom stereocenters. The maximum absolute atomic E-state index is 11.3. The van der Waals surface area contributed by atoms with E-state index < -0.39 is 0 Å². The summed E-state index contributed by atoms with van der Waals surface area (Å²) < 4.78 is 0.443. The highest BCUT2D eigenvalue weighted by molar-refractivity contribution is 14.1. The van der Waals surface area contributed by atoms with Gasteiger partial charge in [0.2, 0.25) is 0 Å². The summed E-state index contributed by atoms with van der Waals surface area (Å²) >= 11 is 4.43. The largest absolute Gasteiger partial charge is 0.297 e. The van der Waals surface area contributed by atoms with Crippen LogP contribution in [-0.4, -0.2) is 13.6 Å². The van der Waals surface area contributed by atoms with Gasteiger partial charge in [-0.1, -0.05) is 59.0 Å². The third-order valence-corrected chi connectivity index (χ3v) is 4.32. The first-order chi connectivity index (χ1) is 4.63. The minimum Gasteiger partial charge on any atom is -0.297 e. The molecule has 0 fully saturated rings. The average molecular weight is 366 g/mol. The zero-order valence-corrected chi connectivity index (χ0v) is 10.5. The van der Waals surface area contributed by atoms with Gasteiger partial charge in [-0.05, 0) is 12.8 Å². The Morgan fingerprint density at radius 2 is 1.50 bits per heavy atom. The topological polar surface area (TPSA) is 17.1 Å². The van der Waals surface area contributed by atoms with Crippen molar-refractivity contribution in [1.29, 1.82) is 0 Å². The third-order valence-electron chi connectivity index (χ3n) is 1.33. The first-order valence-corrected chi connectivity index (χ1v) is 5.94. The van der Waals surface area contributed by atoms with Gasteiger partial charge < -0.3 is 0 Å². The Bertz CT molecular complexity index is 102. The summed E-state index contributed by atoms with van der Waals surface area (Å²) in [7, 11) is 0. The van der Waals surface area contributed by atoms with Gasteiger partial charge in [-0.3, -0.25) is 4.79 Å². The molecule has 0 aliphatic carbocycles. The van der Waals surface area contributed by atoms with Gasteiger partial charge in [0.05, 0.1) is 7.85 Å². The maximum atomic E-state index is 11.3. The standard InChI is InChI=1S/C7H12I2O/c1-3-5(8)7(10)6(9)4-2/h5-6H,3-4H2,1-2H3. The van der Waals surface area contributed by atoms with Crippen molar-refractivity contribution in [3.8, 4) is 0 Å². The van der Waals surface area contributed by atoms with Gasteiger partial charge >= 0.3 is 0 Å². The molecule has 1 nitrogen and oxygen atoms in total. The first kappa shape index (κ1) is 11.1. The summed E-state index contributed by atoms with van der Waals surface area (Å²) in [5.41, 5.74) is 0. The molecular weight excluding hydrogens is 354 g/mol. The van der Waals surface area contributed by atoms with Crippen molar-refractivity contribution in [3.05, 3.63) is 0 Å². The molecular formula is C7H12I2O. The predicted octanol–water partition coefficient (Wildman–Crippen LogP) is 2.98. The minimum absolute atomic E-state index is 0.222. The lowest BCUT2D eigenvalue weighted by Crippen LogP contribution is -2.22. The number of rotatable bonds is 4. The van der Waals surface area contributed by atoms with Gasteiger partial charge in [0.25, 0.3) is 0 Å². The molecule has 2 atom stereocenters. The molecule has 60 valence electrons. The molecule has 0 saturated carbocycles. The van der Waals surface area contributed by atoms with Crippen molar-refractivity contribution in [2.45, 2.75) is 34.5 Å². The van der Waals surface area contributed by atoms with E-state index in [2.05, 4.69) is 45.2 Å². The summed E-state index contributed by atoms with van der Waals surface area (Å²) in [5, 5.41) is 0. The van der Waals surface area contributed by atoms with Crippen LogP contribution in [0.1, 0.15) is 26.7 Å². The molecule has 0 aliphatic rings. The van der Waals surface area contributed by atoms with Crippen molar-refractivity contribution < 1.29 is 4.79 Å². The van der Waals surface area contributed by atoms with E-state index in [9.17, 15) is 4.79 Å². The van der Waals surface area contributed by atoms with Crippen molar-refractivity contribution >= 4 is 51.0 Å². The van der Waals surface area contributed by atoms with Crippen LogP contribution in [0, 0.1) is 0 Å². The molecule has 0 rings (SSSR count). The second-order valence-corrected chi connectivity index (χ2v) is 5.16. The summed E-state index contributed by atoms with van der Waals surface area (Å²) in [6.45, 7) is 4.10. The molecule has 10 heavy (non-hydrogen) atoms. The van der Waals surface area contributed by atoms with Crippen LogP contribution in [0.15, 0.2) is 0 Å². The van der Waals surface area contributed by atoms with E-state index >= 15 is 0 Å². The number of carbonyl (C=O) groups is 1. The van der Waals surface area contributed by atoms with Gasteiger partial charge in [-0.15, -0.1) is 0 Å². The van der Waals surface area contributed by atoms with Gasteiger partial charge in [0.1, 0.15) is 0 Å².